The summed E-state index contributed by atoms with van der Waals surface area (Å²) in [5.74, 6) is -0.411. The first kappa shape index (κ1) is 17.0. The van der Waals surface area contributed by atoms with Gasteiger partial charge in [-0.1, -0.05) is 13.0 Å². The zero-order chi connectivity index (χ0) is 17.1. The second-order valence-corrected chi connectivity index (χ2v) is 5.73. The molecule has 2 aromatic rings. The Hall–Kier alpha value is -2.34. The molecular formula is C17H23N3O3. The molecule has 6 nitrogen and oxygen atoms in total. The van der Waals surface area contributed by atoms with Crippen LogP contribution in [0, 0.1) is 0 Å². The number of fused-ring (bicyclic) bond motifs is 1. The Bertz CT molecular complexity index is 782. The van der Waals surface area contributed by atoms with Gasteiger partial charge >= 0.3 is 0 Å². The third-order valence-electron chi connectivity index (χ3n) is 4.17. The highest BCUT2D eigenvalue weighted by molar-refractivity contribution is 6.00. The normalized spacial score (nSPS) is 12.3. The molecule has 0 bridgehead atoms. The van der Waals surface area contributed by atoms with Gasteiger partial charge in [0.2, 0.25) is 5.43 Å². The number of carbonyl (C=O) groups is 1. The number of amides is 1. The van der Waals surface area contributed by atoms with E-state index in [1.807, 2.05) is 24.5 Å². The van der Waals surface area contributed by atoms with Crippen LogP contribution in [0.25, 0.3) is 10.9 Å². The minimum absolute atomic E-state index is 0.0756. The number of carbonyl (C=O) groups excluding carboxylic acids is 1. The predicted octanol–water partition coefficient (Wildman–Crippen LogP) is 1.62. The molecule has 3 N–H and O–H groups in total. The van der Waals surface area contributed by atoms with Gasteiger partial charge in [0.1, 0.15) is 5.56 Å². The lowest BCUT2D eigenvalue weighted by Crippen LogP contribution is -2.34. The lowest BCUT2D eigenvalue weighted by Gasteiger charge is -2.21. The fraction of sp³-hybridized carbons (Fsp3) is 0.412. The number of benzene rings is 1. The summed E-state index contributed by atoms with van der Waals surface area (Å²) in [7, 11) is 1.56. The first-order chi connectivity index (χ1) is 10.9. The average molecular weight is 317 g/mol. The van der Waals surface area contributed by atoms with E-state index in [2.05, 4.69) is 0 Å². The number of likely N-dealkylation sites (N-methyl/N-ethyl adjacent to an activating group) is 1. The number of aliphatic hydroxyl groups is 1. The van der Waals surface area contributed by atoms with Crippen molar-refractivity contribution in [3.63, 3.8) is 0 Å². The maximum atomic E-state index is 12.8. The smallest absolute Gasteiger partial charge is 0.259 e. The van der Waals surface area contributed by atoms with Crippen LogP contribution >= 0.6 is 0 Å². The van der Waals surface area contributed by atoms with Crippen molar-refractivity contribution in [3.8, 4) is 0 Å². The van der Waals surface area contributed by atoms with Crippen molar-refractivity contribution in [2.75, 3.05) is 25.9 Å². The molecule has 1 atom stereocenters. The zero-order valence-electron chi connectivity index (χ0n) is 13.7. The summed E-state index contributed by atoms with van der Waals surface area (Å²) in [5.41, 5.74) is 6.79. The molecule has 2 rings (SSSR count). The van der Waals surface area contributed by atoms with E-state index in [4.69, 9.17) is 10.8 Å². The number of hydrogen-bond donors (Lipinski definition) is 2. The number of rotatable bonds is 5. The van der Waals surface area contributed by atoms with Crippen LogP contribution in [0.4, 0.5) is 5.69 Å². The second-order valence-electron chi connectivity index (χ2n) is 5.73. The number of pyridine rings is 1. The Morgan fingerprint density at radius 2 is 2.13 bits per heavy atom. The van der Waals surface area contributed by atoms with Crippen molar-refractivity contribution >= 4 is 22.5 Å². The molecule has 1 aromatic heterocycles. The summed E-state index contributed by atoms with van der Waals surface area (Å²) in [6, 6.07) is 5.42. The van der Waals surface area contributed by atoms with Crippen LogP contribution in [-0.4, -0.2) is 40.7 Å². The van der Waals surface area contributed by atoms with E-state index in [0.717, 1.165) is 11.9 Å². The number of nitrogen functional groups attached to an aromatic ring is 1. The number of hydrogen-bond acceptors (Lipinski definition) is 4. The highest BCUT2D eigenvalue weighted by Crippen LogP contribution is 2.23. The highest BCUT2D eigenvalue weighted by atomic mass is 16.3. The molecule has 0 spiro atoms. The van der Waals surface area contributed by atoms with E-state index in [0.29, 0.717) is 11.1 Å². The lowest BCUT2D eigenvalue weighted by molar-refractivity contribution is 0.0765. The van der Waals surface area contributed by atoms with E-state index in [1.54, 1.807) is 25.4 Å². The highest BCUT2D eigenvalue weighted by Gasteiger charge is 2.20. The molecule has 0 fully saturated rings. The van der Waals surface area contributed by atoms with Crippen molar-refractivity contribution in [1.82, 2.24) is 9.47 Å². The van der Waals surface area contributed by atoms with Crippen molar-refractivity contribution in [2.45, 2.75) is 26.3 Å². The molecule has 23 heavy (non-hydrogen) atoms. The summed E-state index contributed by atoms with van der Waals surface area (Å²) in [6.45, 7) is 4.08. The number of nitrogens with zero attached hydrogens (tertiary/aromatic N) is 2. The van der Waals surface area contributed by atoms with Gasteiger partial charge in [-0.15, -0.1) is 0 Å². The van der Waals surface area contributed by atoms with Gasteiger partial charge < -0.3 is 20.3 Å². The molecule has 124 valence electrons. The van der Waals surface area contributed by atoms with Crippen molar-refractivity contribution in [1.29, 1.82) is 0 Å². The first-order valence-corrected chi connectivity index (χ1v) is 7.72. The largest absolute Gasteiger partial charge is 0.398 e. The monoisotopic (exact) mass is 317 g/mol. The fourth-order valence-corrected chi connectivity index (χ4v) is 2.59. The van der Waals surface area contributed by atoms with E-state index < -0.39 is 5.91 Å². The molecule has 1 heterocycles. The topological polar surface area (TPSA) is 88.6 Å². The summed E-state index contributed by atoms with van der Waals surface area (Å²) in [5, 5.41) is 9.37. The molecule has 0 aliphatic heterocycles. The van der Waals surface area contributed by atoms with E-state index >= 15 is 0 Å². The van der Waals surface area contributed by atoms with Crippen LogP contribution in [-0.2, 0) is 0 Å². The molecular weight excluding hydrogens is 294 g/mol. The van der Waals surface area contributed by atoms with Gasteiger partial charge in [-0.3, -0.25) is 9.59 Å². The summed E-state index contributed by atoms with van der Waals surface area (Å²) in [6.07, 6.45) is 2.46. The third-order valence-corrected chi connectivity index (χ3v) is 4.17. The minimum atomic E-state index is -0.411. The number of nitrogens with two attached hydrogens (primary N) is 1. The van der Waals surface area contributed by atoms with Crippen LogP contribution in [0.3, 0.4) is 0 Å². The SMILES string of the molecule is CCC(C)n1cc(C(=O)N(C)CCO)c(=O)c2c(N)cccc21. The summed E-state index contributed by atoms with van der Waals surface area (Å²) in [4.78, 5) is 26.6. The molecule has 0 aliphatic rings. The molecule has 6 heteroatoms. The maximum Gasteiger partial charge on any atom is 0.259 e. The van der Waals surface area contributed by atoms with Gasteiger partial charge in [-0.2, -0.15) is 0 Å². The number of anilines is 1. The van der Waals surface area contributed by atoms with Gasteiger partial charge in [0, 0.05) is 31.5 Å². The van der Waals surface area contributed by atoms with Crippen LogP contribution < -0.4 is 11.2 Å². The fourth-order valence-electron chi connectivity index (χ4n) is 2.59. The Balaban J connectivity index is 2.76. The summed E-state index contributed by atoms with van der Waals surface area (Å²) >= 11 is 0. The van der Waals surface area contributed by atoms with E-state index in [-0.39, 0.29) is 30.2 Å². The van der Waals surface area contributed by atoms with Crippen molar-refractivity contribution in [2.24, 2.45) is 0 Å². The first-order valence-electron chi connectivity index (χ1n) is 7.72. The Kier molecular flexibility index (Phi) is 5.05. The minimum Gasteiger partial charge on any atom is -0.398 e. The lowest BCUT2D eigenvalue weighted by atomic mass is 10.1. The Morgan fingerprint density at radius 1 is 1.43 bits per heavy atom. The predicted molar refractivity (Wildman–Crippen MR) is 91.7 cm³/mol. The molecule has 0 saturated carbocycles. The third kappa shape index (κ3) is 3.07. The molecule has 0 radical (unpaired) electrons. The zero-order valence-corrected chi connectivity index (χ0v) is 13.7. The van der Waals surface area contributed by atoms with Gasteiger partial charge in [0.15, 0.2) is 0 Å². The number of aliphatic hydroxyl groups excluding tert-OH is 1. The van der Waals surface area contributed by atoms with E-state index in [1.165, 1.54) is 4.90 Å². The standard InChI is InChI=1S/C17H23N3O3/c1-4-11(2)20-10-12(17(23)19(3)8-9-21)16(22)15-13(18)6-5-7-14(15)20/h5-7,10-11,21H,4,8-9,18H2,1-3H3. The average Bonchev–Trinajstić information content (AvgIpc) is 2.54. The number of aromatic nitrogens is 1. The summed E-state index contributed by atoms with van der Waals surface area (Å²) < 4.78 is 1.92. The second kappa shape index (κ2) is 6.83. The van der Waals surface area contributed by atoms with Crippen LogP contribution in [0.1, 0.15) is 36.7 Å². The Labute approximate surface area is 135 Å². The van der Waals surface area contributed by atoms with Gasteiger partial charge in [0.05, 0.1) is 17.5 Å². The van der Waals surface area contributed by atoms with Gasteiger partial charge in [-0.05, 0) is 25.5 Å². The van der Waals surface area contributed by atoms with Gasteiger partial charge in [-0.25, -0.2) is 0 Å². The van der Waals surface area contributed by atoms with Crippen LogP contribution in [0.2, 0.25) is 0 Å². The van der Waals surface area contributed by atoms with E-state index in [9.17, 15) is 9.59 Å². The van der Waals surface area contributed by atoms with Crippen molar-refractivity contribution in [3.05, 3.63) is 40.2 Å². The van der Waals surface area contributed by atoms with Crippen molar-refractivity contribution < 1.29 is 9.90 Å². The van der Waals surface area contributed by atoms with Crippen LogP contribution in [0.5, 0.6) is 0 Å². The quantitative estimate of drug-likeness (QED) is 0.820. The molecule has 0 saturated heterocycles. The van der Waals surface area contributed by atoms with Gasteiger partial charge in [0.25, 0.3) is 5.91 Å². The Morgan fingerprint density at radius 3 is 2.74 bits per heavy atom. The van der Waals surface area contributed by atoms with Crippen LogP contribution in [0.15, 0.2) is 29.2 Å². The molecule has 1 amide bonds. The maximum absolute atomic E-state index is 12.8. The molecule has 1 aromatic carbocycles. The molecule has 0 aliphatic carbocycles. The molecule has 1 unspecified atom stereocenters.